The van der Waals surface area contributed by atoms with Gasteiger partial charge in [-0.15, -0.1) is 0 Å². The molecule has 0 N–H and O–H groups in total. The molecule has 1 aromatic heterocycles. The highest BCUT2D eigenvalue weighted by Gasteiger charge is 2.55. The molecule has 13 aromatic rings. The average Bonchev–Trinajstić information content (AvgIpc) is 1.22. The number of rotatable bonds is 6. The fourth-order valence-corrected chi connectivity index (χ4v) is 14.6. The first kappa shape index (κ1) is 46.3. The van der Waals surface area contributed by atoms with Crippen LogP contribution in [0.25, 0.3) is 72.0 Å². The summed E-state index contributed by atoms with van der Waals surface area (Å²) >= 11 is 0. The zero-order valence-corrected chi connectivity index (χ0v) is 51.7. The molecule has 3 aliphatic rings. The molecule has 12 aromatic carbocycles. The number of hydrogen-bond acceptors (Lipinski definition) is 2. The number of aromatic nitrogens is 1. The van der Waals surface area contributed by atoms with Gasteiger partial charge in [-0.05, 0) is 143 Å². The molecule has 16 rings (SSSR count). The predicted octanol–water partition coefficient (Wildman–Crippen LogP) is 20.4. The lowest BCUT2D eigenvalue weighted by molar-refractivity contribution is 0.435. The molecular formula is C85H71BN2O. The molecule has 0 amide bonds. The molecule has 0 unspecified atom stereocenters. The molecule has 0 saturated heterocycles. The molecule has 3 aliphatic heterocycles. The summed E-state index contributed by atoms with van der Waals surface area (Å²) in [5.74, 6) is 1.33. The molecule has 0 fully saturated rings. The van der Waals surface area contributed by atoms with Crippen LogP contribution in [-0.4, -0.2) is 11.3 Å². The summed E-state index contributed by atoms with van der Waals surface area (Å²) in [6.45, 7) is 19.8. The first-order valence-corrected chi connectivity index (χ1v) is 31.0. The van der Waals surface area contributed by atoms with Crippen LogP contribution in [0, 0.1) is 0 Å². The Balaban J connectivity index is 1.17. The molecule has 0 saturated carbocycles. The van der Waals surface area contributed by atoms with E-state index in [2.05, 4.69) is 261 Å². The van der Waals surface area contributed by atoms with Crippen LogP contribution in [0.15, 0.2) is 267 Å². The highest BCUT2D eigenvalue weighted by molar-refractivity contribution is 6.99. The van der Waals surface area contributed by atoms with Crippen LogP contribution in [-0.2, 0) is 21.7 Å². The van der Waals surface area contributed by atoms with E-state index >= 15 is 0 Å². The fraction of sp³-hybridized carbons (Fsp3) is 0.153. The number of anilines is 3. The topological polar surface area (TPSA) is 17.4 Å². The molecule has 1 spiro atoms. The van der Waals surface area contributed by atoms with E-state index in [-0.39, 0.29) is 50.1 Å². The van der Waals surface area contributed by atoms with E-state index in [0.29, 0.717) is 17.2 Å². The van der Waals surface area contributed by atoms with Gasteiger partial charge in [-0.1, -0.05) is 280 Å². The Morgan fingerprint density at radius 1 is 0.382 bits per heavy atom. The van der Waals surface area contributed by atoms with Gasteiger partial charge in [-0.25, -0.2) is 0 Å². The van der Waals surface area contributed by atoms with Crippen LogP contribution in [0.5, 0.6) is 11.5 Å². The van der Waals surface area contributed by atoms with Crippen molar-refractivity contribution in [3.05, 3.63) is 306 Å². The third kappa shape index (κ3) is 8.54. The molecule has 4 heterocycles. The Morgan fingerprint density at radius 3 is 1.39 bits per heavy atom. The zero-order chi connectivity index (χ0) is 67.7. The minimum absolute atomic E-state index is 0.000939. The normalized spacial score (nSPS) is 15.1. The minimum Gasteiger partial charge on any atom is -0.457 e. The highest BCUT2D eigenvalue weighted by Crippen LogP contribution is 2.59. The Labute approximate surface area is 535 Å². The molecule has 0 bridgehead atoms. The third-order valence-corrected chi connectivity index (χ3v) is 19.0. The van der Waals surface area contributed by atoms with Gasteiger partial charge in [0.25, 0.3) is 0 Å². The standard InChI is InChI=1S/C85H71BN2O/c1-82(2,3)60-32-24-30-56(46-60)58-42-44-72-70(48-58)85(68-36-18-22-40-78(68)89-79-41-23-19-37-69(79)85)71-52-63(87-74-38-20-16-34-64(74)65-35-17-21-39-75(65)87)53-77-80(71)86(72)73-45-43-59(57-31-25-33-61(47-57)83(4,5)6)49-76(73)88(77)81-66(54-26-12-10-13-27-54)50-62(84(7,8)9)51-67(81)55-28-14-11-15-29-55/h10-53H,1-9H3/i16D,17D,20D,21D,34D,35D,38D,39D. The van der Waals surface area contributed by atoms with Gasteiger partial charge >= 0.3 is 0 Å². The summed E-state index contributed by atoms with van der Waals surface area (Å²) in [7, 11) is 0. The molecule has 0 atom stereocenters. The van der Waals surface area contributed by atoms with E-state index in [1.807, 2.05) is 24.3 Å². The summed E-state index contributed by atoms with van der Waals surface area (Å²) in [6.07, 6.45) is 0. The van der Waals surface area contributed by atoms with Gasteiger partial charge < -0.3 is 14.2 Å². The highest BCUT2D eigenvalue weighted by atomic mass is 16.5. The fourth-order valence-electron chi connectivity index (χ4n) is 14.6. The van der Waals surface area contributed by atoms with Gasteiger partial charge in [0.05, 0.1) is 33.1 Å². The maximum atomic E-state index is 10.1. The summed E-state index contributed by atoms with van der Waals surface area (Å²) in [6, 6.07) is 75.0. The summed E-state index contributed by atoms with van der Waals surface area (Å²) in [5.41, 5.74) is 19.7. The monoisotopic (exact) mass is 1150 g/mol. The molecular weight excluding hydrogens is 1080 g/mol. The van der Waals surface area contributed by atoms with Gasteiger partial charge in [-0.3, -0.25) is 0 Å². The van der Waals surface area contributed by atoms with Crippen molar-refractivity contribution in [3.8, 4) is 61.7 Å². The molecule has 89 heavy (non-hydrogen) atoms. The van der Waals surface area contributed by atoms with E-state index in [9.17, 15) is 11.0 Å². The van der Waals surface area contributed by atoms with Crippen LogP contribution in [0.3, 0.4) is 0 Å². The van der Waals surface area contributed by atoms with Gasteiger partial charge in [0.1, 0.15) is 11.5 Å². The van der Waals surface area contributed by atoms with Crippen molar-refractivity contribution in [1.29, 1.82) is 0 Å². The van der Waals surface area contributed by atoms with Crippen molar-refractivity contribution in [2.24, 2.45) is 0 Å². The van der Waals surface area contributed by atoms with Gasteiger partial charge in [-0.2, -0.15) is 0 Å². The number of fused-ring (bicyclic) bond motifs is 13. The third-order valence-electron chi connectivity index (χ3n) is 19.0. The van der Waals surface area contributed by atoms with Crippen LogP contribution in [0.1, 0.15) is 112 Å². The number of hydrogen-bond donors (Lipinski definition) is 0. The molecule has 0 radical (unpaired) electrons. The molecule has 0 aliphatic carbocycles. The molecule has 4 heteroatoms. The summed E-state index contributed by atoms with van der Waals surface area (Å²) in [5, 5.41) is 0.00188. The van der Waals surface area contributed by atoms with Gasteiger partial charge in [0.2, 0.25) is 6.71 Å². The van der Waals surface area contributed by atoms with Crippen molar-refractivity contribution in [3.63, 3.8) is 0 Å². The van der Waals surface area contributed by atoms with Crippen molar-refractivity contribution >= 4 is 62.0 Å². The van der Waals surface area contributed by atoms with E-state index in [0.717, 1.165) is 106 Å². The quantitative estimate of drug-likeness (QED) is 0.154. The van der Waals surface area contributed by atoms with E-state index in [1.54, 1.807) is 4.57 Å². The maximum absolute atomic E-state index is 10.1. The molecule has 3 nitrogen and oxygen atoms in total. The number of ether oxygens (including phenoxy) is 1. The second kappa shape index (κ2) is 20.1. The number of para-hydroxylation sites is 4. The van der Waals surface area contributed by atoms with Crippen molar-refractivity contribution in [1.82, 2.24) is 4.57 Å². The lowest BCUT2D eigenvalue weighted by Gasteiger charge is -2.50. The van der Waals surface area contributed by atoms with Crippen LogP contribution >= 0.6 is 0 Å². The van der Waals surface area contributed by atoms with Crippen molar-refractivity contribution < 1.29 is 15.7 Å². The first-order chi connectivity index (χ1) is 46.4. The van der Waals surface area contributed by atoms with E-state index in [4.69, 9.17) is 4.74 Å². The van der Waals surface area contributed by atoms with E-state index < -0.39 is 48.4 Å². The lowest BCUT2D eigenvalue weighted by atomic mass is 9.29. The lowest BCUT2D eigenvalue weighted by Crippen LogP contribution is -2.65. The van der Waals surface area contributed by atoms with Crippen molar-refractivity contribution in [2.45, 2.75) is 84.0 Å². The van der Waals surface area contributed by atoms with Crippen LogP contribution in [0.2, 0.25) is 0 Å². The SMILES string of the molecule is [2H]c1c([2H])c([2H])c2c(c1[2H])c1c([2H])c([2H])c([2H])c([2H])c1n2-c1cc2c3c(c1)C1(c4ccccc4Oc4ccccc41)c1cc(-c4cccc(C(C)(C)C)c4)ccc1B3c1ccc(-c3cccc(C(C)(C)C)c3)cc1N2c1c(-c2ccccc2)cc(C(C)(C)C)cc1-c1ccccc1. The average molecular weight is 1160 g/mol. The Morgan fingerprint density at radius 2 is 0.854 bits per heavy atom. The Hall–Kier alpha value is -9.90. The number of nitrogens with zero attached hydrogens (tertiary/aromatic N) is 2. The van der Waals surface area contributed by atoms with Crippen molar-refractivity contribution in [2.75, 3.05) is 4.90 Å². The predicted molar refractivity (Wildman–Crippen MR) is 376 cm³/mol. The second-order valence-corrected chi connectivity index (χ2v) is 27.5. The number of benzene rings is 12. The largest absolute Gasteiger partial charge is 0.457 e. The van der Waals surface area contributed by atoms with Crippen LogP contribution < -0.4 is 26.0 Å². The Kier molecular flexibility index (Phi) is 10.4. The van der Waals surface area contributed by atoms with Crippen LogP contribution in [0.4, 0.5) is 17.1 Å². The van der Waals surface area contributed by atoms with E-state index in [1.165, 1.54) is 11.1 Å². The zero-order valence-electron chi connectivity index (χ0n) is 59.7. The first-order valence-electron chi connectivity index (χ1n) is 35.0. The summed E-state index contributed by atoms with van der Waals surface area (Å²) in [4.78, 5) is 2.46. The maximum Gasteiger partial charge on any atom is 0.247 e. The minimum atomic E-state index is -1.22. The second-order valence-electron chi connectivity index (χ2n) is 27.5. The van der Waals surface area contributed by atoms with Gasteiger partial charge in [0.15, 0.2) is 0 Å². The summed E-state index contributed by atoms with van der Waals surface area (Å²) < 4.78 is 85.7. The smallest absolute Gasteiger partial charge is 0.247 e. The molecule has 430 valence electrons. The van der Waals surface area contributed by atoms with Gasteiger partial charge in [0, 0.05) is 50.1 Å². The Bertz CT molecular complexity index is 5320.